The molecule has 4 nitrogen and oxygen atoms in total. The Kier molecular flexibility index (Phi) is 7.68. The van der Waals surface area contributed by atoms with E-state index in [1.165, 1.54) is 12.0 Å². The molecule has 134 valence electrons. The molecule has 1 aromatic heterocycles. The van der Waals surface area contributed by atoms with Gasteiger partial charge in [0.1, 0.15) is 0 Å². The second kappa shape index (κ2) is 9.75. The topological polar surface area (TPSA) is 40.5 Å². The summed E-state index contributed by atoms with van der Waals surface area (Å²) < 4.78 is 0. The lowest BCUT2D eigenvalue weighted by Crippen LogP contribution is -2.39. The van der Waals surface area contributed by atoms with Gasteiger partial charge in [-0.05, 0) is 43.4 Å². The van der Waals surface area contributed by atoms with Crippen LogP contribution in [0.2, 0.25) is 0 Å². The van der Waals surface area contributed by atoms with Gasteiger partial charge in [0.25, 0.3) is 0 Å². The van der Waals surface area contributed by atoms with Gasteiger partial charge in [-0.2, -0.15) is 0 Å². The number of aliphatic imine (C=N–C) groups is 1. The molecule has 3 rings (SSSR count). The fourth-order valence-corrected chi connectivity index (χ4v) is 3.34. The number of benzene rings is 1. The molecule has 2 aromatic rings. The summed E-state index contributed by atoms with van der Waals surface area (Å²) in [6.07, 6.45) is 2.37. The van der Waals surface area contributed by atoms with Gasteiger partial charge >= 0.3 is 0 Å². The molecule has 1 atom stereocenters. The Morgan fingerprint density at radius 3 is 2.72 bits per heavy atom. The van der Waals surface area contributed by atoms with Crippen LogP contribution in [0.1, 0.15) is 23.4 Å². The smallest absolute Gasteiger partial charge is 0.193 e. The number of hydrogen-bond acceptors (Lipinski definition) is 2. The third-order valence-corrected chi connectivity index (χ3v) is 4.54. The number of nitrogens with zero attached hydrogens (tertiary/aromatic N) is 3. The molecule has 0 aliphatic carbocycles. The number of guanidine groups is 1. The molecule has 2 heterocycles. The lowest BCUT2D eigenvalue weighted by atomic mass is 9.99. The van der Waals surface area contributed by atoms with E-state index >= 15 is 0 Å². The standard InChI is InChI=1S/C20H26N4.HI/c1-16-7-6-10-19(23-16)14-22-20(21-2)24-12-11-18(15-24)13-17-8-4-3-5-9-17;/h3-10,18H,11-15H2,1-2H3,(H,21,22);1H. The van der Waals surface area contributed by atoms with Crippen LogP contribution < -0.4 is 5.32 Å². The minimum absolute atomic E-state index is 0. The van der Waals surface area contributed by atoms with Crippen LogP contribution in [-0.2, 0) is 13.0 Å². The zero-order valence-electron chi connectivity index (χ0n) is 15.0. The van der Waals surface area contributed by atoms with Crippen LogP contribution in [0.3, 0.4) is 0 Å². The Balaban J connectivity index is 0.00000225. The molecule has 0 spiro atoms. The molecule has 1 aliphatic heterocycles. The van der Waals surface area contributed by atoms with E-state index in [2.05, 4.69) is 56.6 Å². The fourth-order valence-electron chi connectivity index (χ4n) is 3.34. The molecule has 0 saturated carbocycles. The maximum Gasteiger partial charge on any atom is 0.193 e. The van der Waals surface area contributed by atoms with Crippen molar-refractivity contribution in [3.05, 3.63) is 65.5 Å². The predicted octanol–water partition coefficient (Wildman–Crippen LogP) is 3.65. The number of rotatable bonds is 4. The number of aromatic nitrogens is 1. The van der Waals surface area contributed by atoms with Crippen molar-refractivity contribution < 1.29 is 0 Å². The number of halogens is 1. The first-order valence-corrected chi connectivity index (χ1v) is 8.66. The second-order valence-corrected chi connectivity index (χ2v) is 6.46. The van der Waals surface area contributed by atoms with Crippen molar-refractivity contribution in [3.63, 3.8) is 0 Å². The van der Waals surface area contributed by atoms with Gasteiger partial charge in [0.2, 0.25) is 0 Å². The van der Waals surface area contributed by atoms with Crippen molar-refractivity contribution >= 4 is 29.9 Å². The fraction of sp³-hybridized carbons (Fsp3) is 0.400. The summed E-state index contributed by atoms with van der Waals surface area (Å²) in [4.78, 5) is 11.4. The molecule has 5 heteroatoms. The summed E-state index contributed by atoms with van der Waals surface area (Å²) >= 11 is 0. The molecule has 0 bridgehead atoms. The average molecular weight is 450 g/mol. The van der Waals surface area contributed by atoms with Gasteiger partial charge in [-0.25, -0.2) is 0 Å². The van der Waals surface area contributed by atoms with E-state index in [0.717, 1.165) is 36.9 Å². The molecular weight excluding hydrogens is 423 g/mol. The highest BCUT2D eigenvalue weighted by molar-refractivity contribution is 14.0. The lowest BCUT2D eigenvalue weighted by Gasteiger charge is -2.21. The van der Waals surface area contributed by atoms with Crippen LogP contribution in [0, 0.1) is 12.8 Å². The van der Waals surface area contributed by atoms with Crippen LogP contribution in [-0.4, -0.2) is 36.0 Å². The van der Waals surface area contributed by atoms with Gasteiger partial charge in [0.15, 0.2) is 5.96 Å². The van der Waals surface area contributed by atoms with Crippen molar-refractivity contribution in [1.82, 2.24) is 15.2 Å². The van der Waals surface area contributed by atoms with E-state index in [9.17, 15) is 0 Å². The molecule has 0 radical (unpaired) electrons. The first-order valence-electron chi connectivity index (χ1n) is 8.66. The Labute approximate surface area is 167 Å². The van der Waals surface area contributed by atoms with Gasteiger partial charge in [0, 0.05) is 25.8 Å². The van der Waals surface area contributed by atoms with Crippen molar-refractivity contribution in [3.8, 4) is 0 Å². The summed E-state index contributed by atoms with van der Waals surface area (Å²) in [7, 11) is 1.86. The third-order valence-electron chi connectivity index (χ3n) is 4.54. The summed E-state index contributed by atoms with van der Waals surface area (Å²) in [6, 6.07) is 16.9. The minimum atomic E-state index is 0. The van der Waals surface area contributed by atoms with Gasteiger partial charge in [-0.3, -0.25) is 9.98 Å². The van der Waals surface area contributed by atoms with Crippen molar-refractivity contribution in [2.45, 2.75) is 26.3 Å². The zero-order chi connectivity index (χ0) is 16.8. The van der Waals surface area contributed by atoms with Crippen molar-refractivity contribution in [2.75, 3.05) is 20.1 Å². The van der Waals surface area contributed by atoms with E-state index < -0.39 is 0 Å². The van der Waals surface area contributed by atoms with Crippen molar-refractivity contribution in [1.29, 1.82) is 0 Å². The quantitative estimate of drug-likeness (QED) is 0.439. The van der Waals surface area contributed by atoms with Crippen LogP contribution in [0.15, 0.2) is 53.5 Å². The average Bonchev–Trinajstić information content (AvgIpc) is 3.05. The molecule has 1 saturated heterocycles. The zero-order valence-corrected chi connectivity index (χ0v) is 17.3. The van der Waals surface area contributed by atoms with E-state index in [1.807, 2.05) is 26.1 Å². The highest BCUT2D eigenvalue weighted by Gasteiger charge is 2.24. The molecule has 1 fully saturated rings. The number of nitrogens with one attached hydrogen (secondary N) is 1. The number of aryl methyl sites for hydroxylation is 1. The summed E-state index contributed by atoms with van der Waals surface area (Å²) in [5, 5.41) is 3.45. The third kappa shape index (κ3) is 5.70. The van der Waals surface area contributed by atoms with E-state index in [-0.39, 0.29) is 24.0 Å². The lowest BCUT2D eigenvalue weighted by molar-refractivity contribution is 0.459. The van der Waals surface area contributed by atoms with Crippen LogP contribution in [0.25, 0.3) is 0 Å². The first kappa shape index (κ1) is 19.7. The summed E-state index contributed by atoms with van der Waals surface area (Å²) in [6.45, 7) is 4.87. The van der Waals surface area contributed by atoms with Crippen LogP contribution in [0.5, 0.6) is 0 Å². The first-order chi connectivity index (χ1) is 11.7. The Hall–Kier alpha value is -1.63. The molecule has 1 N–H and O–H groups in total. The highest BCUT2D eigenvalue weighted by Crippen LogP contribution is 2.20. The van der Waals surface area contributed by atoms with Crippen LogP contribution in [0.4, 0.5) is 0 Å². The van der Waals surface area contributed by atoms with Gasteiger partial charge in [-0.1, -0.05) is 36.4 Å². The van der Waals surface area contributed by atoms with E-state index in [0.29, 0.717) is 12.5 Å². The predicted molar refractivity (Wildman–Crippen MR) is 114 cm³/mol. The molecular formula is C20H27IN4. The maximum atomic E-state index is 4.54. The van der Waals surface area contributed by atoms with E-state index in [4.69, 9.17) is 0 Å². The molecule has 0 amide bonds. The minimum Gasteiger partial charge on any atom is -0.351 e. The van der Waals surface area contributed by atoms with Crippen molar-refractivity contribution in [2.24, 2.45) is 10.9 Å². The Morgan fingerprint density at radius 2 is 2.00 bits per heavy atom. The maximum absolute atomic E-state index is 4.54. The Bertz CT molecular complexity index is 687. The van der Waals surface area contributed by atoms with Gasteiger partial charge in [-0.15, -0.1) is 24.0 Å². The van der Waals surface area contributed by atoms with Gasteiger partial charge in [0.05, 0.1) is 12.2 Å². The number of hydrogen-bond donors (Lipinski definition) is 1. The highest BCUT2D eigenvalue weighted by atomic mass is 127. The normalized spacial score (nSPS) is 17.3. The molecule has 1 unspecified atom stereocenters. The summed E-state index contributed by atoms with van der Waals surface area (Å²) in [5.41, 5.74) is 3.53. The Morgan fingerprint density at radius 1 is 1.20 bits per heavy atom. The largest absolute Gasteiger partial charge is 0.351 e. The van der Waals surface area contributed by atoms with E-state index in [1.54, 1.807) is 0 Å². The summed E-state index contributed by atoms with van der Waals surface area (Å²) in [5.74, 6) is 1.68. The number of pyridine rings is 1. The number of likely N-dealkylation sites (tertiary alicyclic amines) is 1. The molecule has 1 aliphatic rings. The SMILES string of the molecule is CN=C(NCc1cccc(C)n1)N1CCC(Cc2ccccc2)C1.I. The van der Waals surface area contributed by atoms with Gasteiger partial charge < -0.3 is 10.2 Å². The monoisotopic (exact) mass is 450 g/mol. The second-order valence-electron chi connectivity index (χ2n) is 6.46. The van der Waals surface area contributed by atoms with Crippen LogP contribution >= 0.6 is 24.0 Å². The molecule has 25 heavy (non-hydrogen) atoms. The molecule has 1 aromatic carbocycles.